The number of methoxy groups -OCH3 is 1. The van der Waals surface area contributed by atoms with E-state index in [2.05, 4.69) is 19.0 Å². The molecule has 0 fully saturated rings. The Labute approximate surface area is 266 Å². The molecule has 0 saturated heterocycles. The number of unbranched alkanes of at least 4 members (excludes halogenated alkanes) is 1. The number of rotatable bonds is 16. The average molecular weight is 639 g/mol. The summed E-state index contributed by atoms with van der Waals surface area (Å²) in [6.45, 7) is 1.67. The minimum absolute atomic E-state index is 0.0538. The number of carboxylic acid groups (broad SMARTS) is 3. The van der Waals surface area contributed by atoms with Crippen LogP contribution in [0.15, 0.2) is 78.9 Å². The van der Waals surface area contributed by atoms with Crippen molar-refractivity contribution in [2.75, 3.05) is 34.4 Å². The van der Waals surface area contributed by atoms with Gasteiger partial charge in [0.25, 0.3) is 5.70 Å². The van der Waals surface area contributed by atoms with Gasteiger partial charge in [-0.2, -0.15) is 0 Å². The molecule has 3 rings (SSSR count). The van der Waals surface area contributed by atoms with Crippen molar-refractivity contribution in [2.45, 2.75) is 31.3 Å². The number of ether oxygens (including phenoxy) is 2. The number of carboxylic acids is 3. The third kappa shape index (κ3) is 11.7. The Hall–Kier alpha value is -5.27. The van der Waals surface area contributed by atoms with Gasteiger partial charge in [0.1, 0.15) is 11.5 Å². The van der Waals surface area contributed by atoms with Crippen LogP contribution in [0.1, 0.15) is 42.4 Å². The van der Waals surface area contributed by atoms with E-state index in [1.165, 1.54) is 0 Å². The third-order valence-corrected chi connectivity index (χ3v) is 6.54. The molecular weight excluding hydrogens is 600 g/mol. The van der Waals surface area contributed by atoms with Gasteiger partial charge >= 0.3 is 17.9 Å². The van der Waals surface area contributed by atoms with E-state index in [0.29, 0.717) is 23.5 Å². The molecule has 3 aromatic carbocycles. The van der Waals surface area contributed by atoms with E-state index >= 15 is 0 Å². The Morgan fingerprint density at radius 3 is 1.70 bits per heavy atom. The molecule has 13 nitrogen and oxygen atoms in total. The highest BCUT2D eigenvalue weighted by molar-refractivity contribution is 5.95. The van der Waals surface area contributed by atoms with Crippen molar-refractivity contribution in [3.63, 3.8) is 0 Å². The Kier molecular flexibility index (Phi) is 14.4. The Morgan fingerprint density at radius 2 is 1.28 bits per heavy atom. The van der Waals surface area contributed by atoms with Crippen LogP contribution >= 0.6 is 0 Å². The summed E-state index contributed by atoms with van der Waals surface area (Å²) in [5.74, 6) is -3.58. The summed E-state index contributed by atoms with van der Waals surface area (Å²) in [6, 6.07) is 23.8. The number of nitro groups is 1. The van der Waals surface area contributed by atoms with Gasteiger partial charge in [-0.3, -0.25) is 19.7 Å². The first-order chi connectivity index (χ1) is 21.8. The number of hydrogen-bond acceptors (Lipinski definition) is 9. The van der Waals surface area contributed by atoms with E-state index in [1.54, 1.807) is 31.4 Å². The summed E-state index contributed by atoms with van der Waals surface area (Å²) in [4.78, 5) is 44.5. The van der Waals surface area contributed by atoms with Gasteiger partial charge in [-0.05, 0) is 81.0 Å². The predicted octanol–water partition coefficient (Wildman–Crippen LogP) is 4.36. The molecule has 0 aliphatic rings. The van der Waals surface area contributed by atoms with E-state index in [9.17, 15) is 24.5 Å². The third-order valence-electron chi connectivity index (χ3n) is 6.54. The number of nitrogens with zero attached hydrogens (tertiary/aromatic N) is 2. The van der Waals surface area contributed by atoms with E-state index in [1.807, 2.05) is 54.6 Å². The standard InChI is InChI=1S/C27H30N2O4.C6H8O7/c1-28(2)19-7-8-20-33-25-17-13-22(14-18-25)26(21-11-15-24(32-3)16-12-21)27(29(30)31)23-9-5-4-6-10-23;7-3(8)1-6(13,5(11)12)2-4(9)10/h4-6,9-18H,7-8,19-20H2,1-3H3;13H,1-2H2,(H,7,8)(H,9,10)(H,11,12)/b27-26+;. The summed E-state index contributed by atoms with van der Waals surface area (Å²) in [5, 5.41) is 46.0. The van der Waals surface area contributed by atoms with E-state index in [4.69, 9.17) is 29.9 Å². The second kappa shape index (κ2) is 17.9. The highest BCUT2D eigenvalue weighted by Crippen LogP contribution is 2.34. The molecule has 46 heavy (non-hydrogen) atoms. The zero-order valence-corrected chi connectivity index (χ0v) is 25.8. The van der Waals surface area contributed by atoms with Crippen molar-refractivity contribution in [1.82, 2.24) is 4.90 Å². The first-order valence-corrected chi connectivity index (χ1v) is 14.1. The van der Waals surface area contributed by atoms with Crippen LogP contribution in [0.2, 0.25) is 0 Å². The van der Waals surface area contributed by atoms with Crippen molar-refractivity contribution in [2.24, 2.45) is 0 Å². The molecule has 0 saturated carbocycles. The van der Waals surface area contributed by atoms with Gasteiger partial charge in [-0.1, -0.05) is 42.5 Å². The lowest BCUT2D eigenvalue weighted by Crippen LogP contribution is -2.42. The van der Waals surface area contributed by atoms with Crippen LogP contribution < -0.4 is 9.47 Å². The molecule has 4 N–H and O–H groups in total. The minimum Gasteiger partial charge on any atom is -0.497 e. The smallest absolute Gasteiger partial charge is 0.336 e. The lowest BCUT2D eigenvalue weighted by Gasteiger charge is -2.18. The predicted molar refractivity (Wildman–Crippen MR) is 169 cm³/mol. The highest BCUT2D eigenvalue weighted by atomic mass is 16.6. The lowest BCUT2D eigenvalue weighted by molar-refractivity contribution is -0.374. The monoisotopic (exact) mass is 638 g/mol. The highest BCUT2D eigenvalue weighted by Gasteiger charge is 2.40. The molecule has 246 valence electrons. The first-order valence-electron chi connectivity index (χ1n) is 14.1. The van der Waals surface area contributed by atoms with Crippen LogP contribution in [-0.2, 0) is 14.4 Å². The number of aliphatic carboxylic acids is 3. The number of carbonyl (C=O) groups is 3. The summed E-state index contributed by atoms with van der Waals surface area (Å²) in [5.41, 5.74) is -0.101. The molecule has 0 spiro atoms. The Morgan fingerprint density at radius 1 is 0.783 bits per heavy atom. The molecule has 0 aromatic heterocycles. The maximum absolute atomic E-state index is 12.2. The molecule has 0 heterocycles. The van der Waals surface area contributed by atoms with Crippen molar-refractivity contribution in [1.29, 1.82) is 0 Å². The van der Waals surface area contributed by atoms with Gasteiger partial charge in [-0.25, -0.2) is 4.79 Å². The summed E-state index contributed by atoms with van der Waals surface area (Å²) < 4.78 is 11.1. The fourth-order valence-electron chi connectivity index (χ4n) is 4.29. The molecular formula is C33H38N2O11. The van der Waals surface area contributed by atoms with Gasteiger partial charge < -0.3 is 34.8 Å². The van der Waals surface area contributed by atoms with E-state index < -0.39 is 36.4 Å². The average Bonchev–Trinajstić information content (AvgIpc) is 3.00. The minimum atomic E-state index is -2.74. The first kappa shape index (κ1) is 36.9. The van der Waals surface area contributed by atoms with Gasteiger partial charge in [0.05, 0.1) is 42.6 Å². The van der Waals surface area contributed by atoms with Crippen molar-refractivity contribution >= 4 is 29.2 Å². The SMILES string of the molecule is COc1ccc(/C(=C(/c2ccccc2)[N+](=O)[O-])c2ccc(OCCCCN(C)C)cc2)cc1.O=C(O)CC(O)(CC(=O)O)C(=O)O. The van der Waals surface area contributed by atoms with Gasteiger partial charge in [0.15, 0.2) is 5.60 Å². The lowest BCUT2D eigenvalue weighted by atomic mass is 9.93. The topological polar surface area (TPSA) is 197 Å². The van der Waals surface area contributed by atoms with Crippen molar-refractivity contribution in [3.05, 3.63) is 106 Å². The fraction of sp³-hybridized carbons (Fsp3) is 0.303. The van der Waals surface area contributed by atoms with Gasteiger partial charge in [0, 0.05) is 0 Å². The Balaban J connectivity index is 0.000000479. The summed E-state index contributed by atoms with van der Waals surface area (Å²) >= 11 is 0. The molecule has 3 aromatic rings. The van der Waals surface area contributed by atoms with Crippen LogP contribution in [0.25, 0.3) is 11.3 Å². The number of benzene rings is 3. The van der Waals surface area contributed by atoms with Crippen LogP contribution in [0.3, 0.4) is 0 Å². The zero-order chi connectivity index (χ0) is 34.3. The van der Waals surface area contributed by atoms with E-state index in [-0.39, 0.29) is 10.6 Å². The molecule has 13 heteroatoms. The van der Waals surface area contributed by atoms with Gasteiger partial charge in [0.2, 0.25) is 0 Å². The molecule has 0 amide bonds. The van der Waals surface area contributed by atoms with Crippen molar-refractivity contribution < 1.29 is 49.2 Å². The molecule has 0 aliphatic carbocycles. The van der Waals surface area contributed by atoms with Gasteiger partial charge in [-0.15, -0.1) is 0 Å². The van der Waals surface area contributed by atoms with Crippen LogP contribution in [0, 0.1) is 10.1 Å². The molecule has 0 aliphatic heterocycles. The molecule has 0 bridgehead atoms. The normalized spacial score (nSPS) is 11.5. The zero-order valence-electron chi connectivity index (χ0n) is 25.8. The van der Waals surface area contributed by atoms with E-state index in [0.717, 1.165) is 36.3 Å². The molecule has 0 atom stereocenters. The maximum atomic E-state index is 12.2. The summed E-state index contributed by atoms with van der Waals surface area (Å²) in [6.07, 6.45) is -0.252. The van der Waals surface area contributed by atoms with Crippen LogP contribution in [0.4, 0.5) is 0 Å². The molecule has 0 radical (unpaired) electrons. The van der Waals surface area contributed by atoms with Crippen LogP contribution in [-0.4, -0.2) is 88.1 Å². The largest absolute Gasteiger partial charge is 0.497 e. The Bertz CT molecular complexity index is 1470. The maximum Gasteiger partial charge on any atom is 0.336 e. The number of hydrogen-bond donors (Lipinski definition) is 4. The second-order valence-electron chi connectivity index (χ2n) is 10.4. The summed E-state index contributed by atoms with van der Waals surface area (Å²) in [7, 11) is 5.71. The second-order valence-corrected chi connectivity index (χ2v) is 10.4. The molecule has 0 unspecified atom stereocenters. The fourth-order valence-corrected chi connectivity index (χ4v) is 4.29. The van der Waals surface area contributed by atoms with Crippen LogP contribution in [0.5, 0.6) is 11.5 Å². The van der Waals surface area contributed by atoms with Crippen molar-refractivity contribution in [3.8, 4) is 11.5 Å². The number of aliphatic hydroxyl groups is 1. The quantitative estimate of drug-likeness (QED) is 0.0750.